The van der Waals surface area contributed by atoms with Crippen molar-refractivity contribution in [1.82, 2.24) is 10.0 Å². The summed E-state index contributed by atoms with van der Waals surface area (Å²) in [5.41, 5.74) is 1.79. The van der Waals surface area contributed by atoms with Gasteiger partial charge in [-0.1, -0.05) is 42.5 Å². The lowest BCUT2D eigenvalue weighted by Crippen LogP contribution is -2.30. The maximum absolute atomic E-state index is 12.5. The van der Waals surface area contributed by atoms with Crippen molar-refractivity contribution in [2.45, 2.75) is 25.9 Å². The van der Waals surface area contributed by atoms with Gasteiger partial charge in [0, 0.05) is 12.1 Å². The number of rotatable bonds is 9. The third-order valence-electron chi connectivity index (χ3n) is 3.98. The van der Waals surface area contributed by atoms with Crippen LogP contribution >= 0.6 is 0 Å². The molecule has 1 atom stereocenters. The first kappa shape index (κ1) is 20.6. The van der Waals surface area contributed by atoms with E-state index in [1.54, 1.807) is 55.5 Å². The van der Waals surface area contributed by atoms with E-state index in [2.05, 4.69) is 10.0 Å². The summed E-state index contributed by atoms with van der Waals surface area (Å²) in [6.45, 7) is 1.69. The van der Waals surface area contributed by atoms with Crippen LogP contribution in [0, 0.1) is 0 Å². The van der Waals surface area contributed by atoms with E-state index in [-0.39, 0.29) is 18.7 Å². The van der Waals surface area contributed by atoms with E-state index in [0.717, 1.165) is 0 Å². The number of amides is 1. The van der Waals surface area contributed by atoms with Crippen LogP contribution in [-0.2, 0) is 21.4 Å². The number of sulfonamides is 1. The van der Waals surface area contributed by atoms with E-state index < -0.39 is 27.9 Å². The van der Waals surface area contributed by atoms with E-state index in [0.29, 0.717) is 16.7 Å². The Morgan fingerprint density at radius 1 is 1.04 bits per heavy atom. The van der Waals surface area contributed by atoms with Crippen LogP contribution in [0.4, 0.5) is 0 Å². The SMILES string of the molecule is CCS(=O)(=O)NCc1ccc(C(=O)NC(CC(=O)O)c2ccccc2)cc1. The van der Waals surface area contributed by atoms with Gasteiger partial charge in [0.1, 0.15) is 0 Å². The number of aliphatic carboxylic acids is 1. The van der Waals surface area contributed by atoms with Gasteiger partial charge in [-0.2, -0.15) is 0 Å². The molecule has 144 valence electrons. The Labute approximate surface area is 158 Å². The molecule has 7 nitrogen and oxygen atoms in total. The molecule has 1 amide bonds. The lowest BCUT2D eigenvalue weighted by Gasteiger charge is -2.17. The van der Waals surface area contributed by atoms with Gasteiger partial charge in [-0.25, -0.2) is 13.1 Å². The molecule has 2 rings (SSSR count). The van der Waals surface area contributed by atoms with Crippen LogP contribution in [0.1, 0.15) is 40.9 Å². The molecule has 0 bridgehead atoms. The number of nitrogens with one attached hydrogen (secondary N) is 2. The van der Waals surface area contributed by atoms with E-state index in [4.69, 9.17) is 5.11 Å². The third kappa shape index (κ3) is 6.50. The molecular weight excluding hydrogens is 368 g/mol. The molecule has 0 spiro atoms. The van der Waals surface area contributed by atoms with Crippen LogP contribution in [0.25, 0.3) is 0 Å². The molecule has 0 radical (unpaired) electrons. The molecular formula is C19H22N2O5S. The highest BCUT2D eigenvalue weighted by Crippen LogP contribution is 2.17. The molecule has 0 saturated carbocycles. The summed E-state index contributed by atoms with van der Waals surface area (Å²) >= 11 is 0. The van der Waals surface area contributed by atoms with Crippen LogP contribution in [0.2, 0.25) is 0 Å². The van der Waals surface area contributed by atoms with Crippen LogP contribution in [0.15, 0.2) is 54.6 Å². The highest BCUT2D eigenvalue weighted by atomic mass is 32.2. The van der Waals surface area contributed by atoms with Gasteiger partial charge in [0.15, 0.2) is 0 Å². The van der Waals surface area contributed by atoms with Gasteiger partial charge in [0.2, 0.25) is 10.0 Å². The fraction of sp³-hybridized carbons (Fsp3) is 0.263. The zero-order chi connectivity index (χ0) is 19.9. The lowest BCUT2D eigenvalue weighted by molar-refractivity contribution is -0.137. The zero-order valence-corrected chi connectivity index (χ0v) is 15.7. The smallest absolute Gasteiger partial charge is 0.305 e. The summed E-state index contributed by atoms with van der Waals surface area (Å²) < 4.78 is 25.4. The van der Waals surface area contributed by atoms with E-state index in [9.17, 15) is 18.0 Å². The predicted molar refractivity (Wildman–Crippen MR) is 102 cm³/mol. The predicted octanol–water partition coefficient (Wildman–Crippen LogP) is 2.07. The van der Waals surface area contributed by atoms with Gasteiger partial charge < -0.3 is 10.4 Å². The summed E-state index contributed by atoms with van der Waals surface area (Å²) in [6.07, 6.45) is -0.230. The first-order valence-electron chi connectivity index (χ1n) is 8.44. The van der Waals surface area contributed by atoms with E-state index in [1.165, 1.54) is 0 Å². The Morgan fingerprint density at radius 2 is 1.67 bits per heavy atom. The summed E-state index contributed by atoms with van der Waals surface area (Å²) in [5.74, 6) is -1.41. The number of carboxylic acids is 1. The quantitative estimate of drug-likeness (QED) is 0.607. The largest absolute Gasteiger partial charge is 0.481 e. The molecule has 27 heavy (non-hydrogen) atoms. The fourth-order valence-corrected chi connectivity index (χ4v) is 3.01. The molecule has 0 aromatic heterocycles. The monoisotopic (exact) mass is 390 g/mol. The Balaban J connectivity index is 2.06. The van der Waals surface area contributed by atoms with Crippen molar-refractivity contribution >= 4 is 21.9 Å². The van der Waals surface area contributed by atoms with Crippen LogP contribution < -0.4 is 10.0 Å². The van der Waals surface area contributed by atoms with Crippen LogP contribution in [-0.4, -0.2) is 31.2 Å². The van der Waals surface area contributed by atoms with Crippen molar-refractivity contribution in [3.8, 4) is 0 Å². The van der Waals surface area contributed by atoms with Crippen molar-refractivity contribution in [3.05, 3.63) is 71.3 Å². The minimum Gasteiger partial charge on any atom is -0.481 e. The second-order valence-corrected chi connectivity index (χ2v) is 8.05. The Kier molecular flexibility index (Phi) is 7.09. The van der Waals surface area contributed by atoms with Crippen molar-refractivity contribution in [3.63, 3.8) is 0 Å². The molecule has 1 unspecified atom stereocenters. The standard InChI is InChI=1S/C19H22N2O5S/c1-2-27(25,26)20-13-14-8-10-16(11-9-14)19(24)21-17(12-18(22)23)15-6-4-3-5-7-15/h3-11,17,20H,2,12-13H2,1H3,(H,21,24)(H,22,23). The molecule has 0 aliphatic heterocycles. The maximum atomic E-state index is 12.5. The Hall–Kier alpha value is -2.71. The minimum atomic E-state index is -3.29. The molecule has 0 aliphatic carbocycles. The second-order valence-electron chi connectivity index (χ2n) is 5.96. The normalized spacial score (nSPS) is 12.3. The average molecular weight is 390 g/mol. The molecule has 0 fully saturated rings. The highest BCUT2D eigenvalue weighted by Gasteiger charge is 2.18. The number of carboxylic acid groups (broad SMARTS) is 1. The molecule has 3 N–H and O–H groups in total. The van der Waals surface area contributed by atoms with Gasteiger partial charge in [0.05, 0.1) is 18.2 Å². The molecule has 2 aromatic rings. The molecule has 8 heteroatoms. The first-order valence-corrected chi connectivity index (χ1v) is 10.1. The van der Waals surface area contributed by atoms with Crippen molar-refractivity contribution in [2.24, 2.45) is 0 Å². The highest BCUT2D eigenvalue weighted by molar-refractivity contribution is 7.89. The summed E-state index contributed by atoms with van der Waals surface area (Å²) in [4.78, 5) is 23.6. The number of benzene rings is 2. The number of carbonyl (C=O) groups excluding carboxylic acids is 1. The molecule has 2 aromatic carbocycles. The van der Waals surface area contributed by atoms with Crippen molar-refractivity contribution in [1.29, 1.82) is 0 Å². The number of hydrogen-bond donors (Lipinski definition) is 3. The van der Waals surface area contributed by atoms with E-state index >= 15 is 0 Å². The maximum Gasteiger partial charge on any atom is 0.305 e. The number of carbonyl (C=O) groups is 2. The second kappa shape index (κ2) is 9.29. The van der Waals surface area contributed by atoms with Crippen molar-refractivity contribution in [2.75, 3.05) is 5.75 Å². The van der Waals surface area contributed by atoms with Crippen molar-refractivity contribution < 1.29 is 23.1 Å². The summed E-state index contributed by atoms with van der Waals surface area (Å²) in [6, 6.07) is 14.7. The molecule has 0 aliphatic rings. The van der Waals surface area contributed by atoms with Gasteiger partial charge >= 0.3 is 5.97 Å². The Bertz CT molecular complexity index is 880. The lowest BCUT2D eigenvalue weighted by atomic mass is 10.0. The topological polar surface area (TPSA) is 113 Å². The third-order valence-corrected chi connectivity index (χ3v) is 5.32. The average Bonchev–Trinajstić information content (AvgIpc) is 2.66. The van der Waals surface area contributed by atoms with Gasteiger partial charge in [0.25, 0.3) is 5.91 Å². The van der Waals surface area contributed by atoms with Gasteiger partial charge in [-0.3, -0.25) is 9.59 Å². The summed E-state index contributed by atoms with van der Waals surface area (Å²) in [7, 11) is -3.29. The fourth-order valence-electron chi connectivity index (χ4n) is 2.42. The van der Waals surface area contributed by atoms with Gasteiger partial charge in [-0.05, 0) is 30.2 Å². The zero-order valence-electron chi connectivity index (χ0n) is 14.9. The molecule has 0 heterocycles. The number of hydrogen-bond acceptors (Lipinski definition) is 4. The first-order chi connectivity index (χ1) is 12.8. The van der Waals surface area contributed by atoms with E-state index in [1.807, 2.05) is 6.07 Å². The molecule has 0 saturated heterocycles. The van der Waals surface area contributed by atoms with Crippen LogP contribution in [0.5, 0.6) is 0 Å². The Morgan fingerprint density at radius 3 is 2.22 bits per heavy atom. The minimum absolute atomic E-state index is 0.00204. The van der Waals surface area contributed by atoms with Gasteiger partial charge in [-0.15, -0.1) is 0 Å². The van der Waals surface area contributed by atoms with Crippen LogP contribution in [0.3, 0.4) is 0 Å². The summed E-state index contributed by atoms with van der Waals surface area (Å²) in [5, 5.41) is 11.8.